The Bertz CT molecular complexity index is 189. The molecule has 0 radical (unpaired) electrons. The van der Waals surface area contributed by atoms with Gasteiger partial charge in [0.25, 0.3) is 0 Å². The molecule has 1 saturated heterocycles. The van der Waals surface area contributed by atoms with Gasteiger partial charge in [-0.3, -0.25) is 4.90 Å². The maximum absolute atomic E-state index is 9.13. The fourth-order valence-electron chi connectivity index (χ4n) is 2.78. The number of rotatable bonds is 2. The van der Waals surface area contributed by atoms with Gasteiger partial charge in [0, 0.05) is 30.8 Å². The lowest BCUT2D eigenvalue weighted by molar-refractivity contribution is 0.0370. The SMILES string of the molecule is CC1CCNCC(CCO)N1C(C)(C)C. The number of nitrogens with zero attached hydrogens (tertiary/aromatic N) is 1. The lowest BCUT2D eigenvalue weighted by Gasteiger charge is -2.44. The molecule has 1 rings (SSSR count). The van der Waals surface area contributed by atoms with E-state index in [1.165, 1.54) is 6.42 Å². The molecule has 2 unspecified atom stereocenters. The van der Waals surface area contributed by atoms with E-state index < -0.39 is 0 Å². The summed E-state index contributed by atoms with van der Waals surface area (Å²) in [7, 11) is 0. The molecule has 1 aliphatic heterocycles. The van der Waals surface area contributed by atoms with E-state index in [9.17, 15) is 0 Å². The highest BCUT2D eigenvalue weighted by atomic mass is 16.3. The molecule has 0 bridgehead atoms. The van der Waals surface area contributed by atoms with Crippen LogP contribution < -0.4 is 5.32 Å². The zero-order valence-electron chi connectivity index (χ0n) is 10.6. The van der Waals surface area contributed by atoms with Gasteiger partial charge in [0.05, 0.1) is 0 Å². The Morgan fingerprint density at radius 3 is 2.60 bits per heavy atom. The van der Waals surface area contributed by atoms with E-state index in [4.69, 9.17) is 5.11 Å². The summed E-state index contributed by atoms with van der Waals surface area (Å²) >= 11 is 0. The van der Waals surface area contributed by atoms with Crippen molar-refractivity contribution in [2.75, 3.05) is 19.7 Å². The minimum atomic E-state index is 0.186. The first-order valence-corrected chi connectivity index (χ1v) is 6.07. The van der Waals surface area contributed by atoms with Crippen LogP contribution in [0.1, 0.15) is 40.5 Å². The number of nitrogens with one attached hydrogen (secondary N) is 1. The minimum Gasteiger partial charge on any atom is -0.396 e. The summed E-state index contributed by atoms with van der Waals surface area (Å²) in [6, 6.07) is 1.06. The van der Waals surface area contributed by atoms with Crippen LogP contribution in [-0.4, -0.2) is 47.3 Å². The van der Waals surface area contributed by atoms with Crippen molar-refractivity contribution in [3.8, 4) is 0 Å². The molecule has 0 amide bonds. The Balaban J connectivity index is 2.78. The third-order valence-electron chi connectivity index (χ3n) is 3.22. The number of hydrogen-bond acceptors (Lipinski definition) is 3. The van der Waals surface area contributed by atoms with Crippen LogP contribution in [0.15, 0.2) is 0 Å². The Kier molecular flexibility index (Phi) is 4.56. The highest BCUT2D eigenvalue weighted by molar-refractivity contribution is 4.90. The molecule has 90 valence electrons. The van der Waals surface area contributed by atoms with Crippen LogP contribution in [0.3, 0.4) is 0 Å². The highest BCUT2D eigenvalue weighted by Gasteiger charge is 2.33. The zero-order valence-corrected chi connectivity index (χ0v) is 10.6. The Labute approximate surface area is 93.9 Å². The Morgan fingerprint density at radius 2 is 2.07 bits per heavy atom. The molecular formula is C12H26N2O. The molecular weight excluding hydrogens is 188 g/mol. The third-order valence-corrected chi connectivity index (χ3v) is 3.22. The second kappa shape index (κ2) is 5.28. The van der Waals surface area contributed by atoms with Crippen molar-refractivity contribution >= 4 is 0 Å². The molecule has 1 fully saturated rings. The fraction of sp³-hybridized carbons (Fsp3) is 1.00. The van der Waals surface area contributed by atoms with Crippen molar-refractivity contribution < 1.29 is 5.11 Å². The molecule has 0 spiro atoms. The predicted molar refractivity (Wildman–Crippen MR) is 64.0 cm³/mol. The number of hydrogen-bond donors (Lipinski definition) is 2. The van der Waals surface area contributed by atoms with Crippen molar-refractivity contribution in [2.45, 2.75) is 58.2 Å². The average Bonchev–Trinajstić information content (AvgIpc) is 2.26. The van der Waals surface area contributed by atoms with Gasteiger partial charge in [0.1, 0.15) is 0 Å². The second-order valence-electron chi connectivity index (χ2n) is 5.59. The summed E-state index contributed by atoms with van der Waals surface area (Å²) < 4.78 is 0. The van der Waals surface area contributed by atoms with Crippen molar-refractivity contribution in [3.63, 3.8) is 0 Å². The first-order valence-electron chi connectivity index (χ1n) is 6.07. The molecule has 1 aliphatic rings. The molecule has 0 saturated carbocycles. The van der Waals surface area contributed by atoms with E-state index in [2.05, 4.69) is 37.9 Å². The Morgan fingerprint density at radius 1 is 1.40 bits per heavy atom. The van der Waals surface area contributed by atoms with E-state index in [1.54, 1.807) is 0 Å². The van der Waals surface area contributed by atoms with Crippen molar-refractivity contribution in [2.24, 2.45) is 0 Å². The summed E-state index contributed by atoms with van der Waals surface area (Å²) in [5.41, 5.74) is 0.186. The maximum atomic E-state index is 9.13. The van der Waals surface area contributed by atoms with Gasteiger partial charge in [-0.25, -0.2) is 0 Å². The van der Waals surface area contributed by atoms with Crippen LogP contribution in [0.2, 0.25) is 0 Å². The topological polar surface area (TPSA) is 35.5 Å². The summed E-state index contributed by atoms with van der Waals surface area (Å²) in [6.45, 7) is 11.5. The summed E-state index contributed by atoms with van der Waals surface area (Å²) in [6.07, 6.45) is 2.06. The average molecular weight is 214 g/mol. The quantitative estimate of drug-likeness (QED) is 0.725. The summed E-state index contributed by atoms with van der Waals surface area (Å²) in [4.78, 5) is 2.56. The molecule has 15 heavy (non-hydrogen) atoms. The molecule has 0 aromatic carbocycles. The van der Waals surface area contributed by atoms with E-state index in [0.717, 1.165) is 19.5 Å². The Hall–Kier alpha value is -0.120. The summed E-state index contributed by atoms with van der Waals surface area (Å²) in [5.74, 6) is 0. The first kappa shape index (κ1) is 12.9. The number of aliphatic hydroxyl groups is 1. The predicted octanol–water partition coefficient (Wildman–Crippen LogP) is 1.22. The van der Waals surface area contributed by atoms with Crippen molar-refractivity contribution in [1.82, 2.24) is 10.2 Å². The van der Waals surface area contributed by atoms with Gasteiger partial charge in [-0.15, -0.1) is 0 Å². The first-order chi connectivity index (χ1) is 6.96. The molecule has 0 aromatic heterocycles. The molecule has 2 atom stereocenters. The van der Waals surface area contributed by atoms with Gasteiger partial charge < -0.3 is 10.4 Å². The van der Waals surface area contributed by atoms with Gasteiger partial charge >= 0.3 is 0 Å². The summed E-state index contributed by atoms with van der Waals surface area (Å²) in [5, 5.41) is 12.6. The molecule has 2 N–H and O–H groups in total. The van der Waals surface area contributed by atoms with E-state index in [1.807, 2.05) is 0 Å². The van der Waals surface area contributed by atoms with E-state index in [0.29, 0.717) is 12.1 Å². The van der Waals surface area contributed by atoms with Crippen LogP contribution >= 0.6 is 0 Å². The lowest BCUT2D eigenvalue weighted by Crippen LogP contribution is -2.54. The normalized spacial score (nSPS) is 30.2. The zero-order chi connectivity index (χ0) is 11.5. The monoisotopic (exact) mass is 214 g/mol. The number of aliphatic hydroxyl groups excluding tert-OH is 1. The van der Waals surface area contributed by atoms with Crippen LogP contribution in [0.4, 0.5) is 0 Å². The molecule has 3 heteroatoms. The lowest BCUT2D eigenvalue weighted by atomic mass is 9.98. The van der Waals surface area contributed by atoms with Crippen LogP contribution in [0, 0.1) is 0 Å². The van der Waals surface area contributed by atoms with Crippen LogP contribution in [0.5, 0.6) is 0 Å². The molecule has 0 aromatic rings. The van der Waals surface area contributed by atoms with Gasteiger partial charge in [0.15, 0.2) is 0 Å². The standard InChI is InChI=1S/C12H26N2O/c1-10-5-7-13-9-11(6-8-15)14(10)12(2,3)4/h10-11,13,15H,5-9H2,1-4H3. The van der Waals surface area contributed by atoms with E-state index in [-0.39, 0.29) is 12.1 Å². The third kappa shape index (κ3) is 3.44. The second-order valence-corrected chi connectivity index (χ2v) is 5.59. The van der Waals surface area contributed by atoms with Crippen LogP contribution in [0.25, 0.3) is 0 Å². The minimum absolute atomic E-state index is 0.186. The molecule has 1 heterocycles. The van der Waals surface area contributed by atoms with Crippen molar-refractivity contribution in [3.05, 3.63) is 0 Å². The van der Waals surface area contributed by atoms with Crippen molar-refractivity contribution in [1.29, 1.82) is 0 Å². The molecule has 3 nitrogen and oxygen atoms in total. The molecule has 0 aliphatic carbocycles. The van der Waals surface area contributed by atoms with Gasteiger partial charge in [-0.1, -0.05) is 0 Å². The smallest absolute Gasteiger partial charge is 0.0446 e. The largest absolute Gasteiger partial charge is 0.396 e. The van der Waals surface area contributed by atoms with Crippen LogP contribution in [-0.2, 0) is 0 Å². The van der Waals surface area contributed by atoms with Gasteiger partial charge in [-0.2, -0.15) is 0 Å². The highest BCUT2D eigenvalue weighted by Crippen LogP contribution is 2.24. The fourth-order valence-corrected chi connectivity index (χ4v) is 2.78. The van der Waals surface area contributed by atoms with Gasteiger partial charge in [-0.05, 0) is 47.1 Å². The maximum Gasteiger partial charge on any atom is 0.0446 e. The van der Waals surface area contributed by atoms with E-state index >= 15 is 0 Å². The van der Waals surface area contributed by atoms with Gasteiger partial charge in [0.2, 0.25) is 0 Å².